The molecule has 2 aromatic carbocycles. The molecule has 2 aromatic rings. The monoisotopic (exact) mass is 349 g/mol. The number of nitrogens with one attached hydrogen (secondary N) is 1. The van der Waals surface area contributed by atoms with Crippen LogP contribution in [0.1, 0.15) is 27.6 Å². The molecule has 0 bridgehead atoms. The van der Waals surface area contributed by atoms with Crippen LogP contribution in [0.15, 0.2) is 40.9 Å². The van der Waals surface area contributed by atoms with E-state index in [1.165, 1.54) is 0 Å². The summed E-state index contributed by atoms with van der Waals surface area (Å²) in [6.45, 7) is 2.04. The Labute approximate surface area is 131 Å². The van der Waals surface area contributed by atoms with E-state index in [1.807, 2.05) is 31.2 Å². The number of alkyl halides is 1. The molecule has 0 aliphatic carbocycles. The van der Waals surface area contributed by atoms with Gasteiger partial charge in [0.2, 0.25) is 5.91 Å². The highest BCUT2D eigenvalue weighted by Gasteiger charge is 2.20. The van der Waals surface area contributed by atoms with E-state index >= 15 is 0 Å². The predicted molar refractivity (Wildman–Crippen MR) is 85.4 cm³/mol. The first-order valence-corrected chi connectivity index (χ1v) is 7.60. The summed E-state index contributed by atoms with van der Waals surface area (Å²) >= 11 is 10.1. The summed E-state index contributed by atoms with van der Waals surface area (Å²) in [5.41, 5.74) is 5.14. The molecule has 1 aliphatic rings. The maximum Gasteiger partial charge on any atom is 0.228 e. The number of halogens is 2. The van der Waals surface area contributed by atoms with Crippen LogP contribution in [0.2, 0.25) is 0 Å². The zero-order valence-electron chi connectivity index (χ0n) is 10.9. The second-order valence-corrected chi connectivity index (χ2v) is 6.42. The van der Waals surface area contributed by atoms with E-state index in [0.29, 0.717) is 6.42 Å². The number of hydrogen-bond donors (Lipinski definition) is 1. The number of anilines is 1. The molecule has 0 aromatic heterocycles. The third-order valence-electron chi connectivity index (χ3n) is 3.40. The SMILES string of the molecule is Cc1cc(Br)cc(C(Cl)c2ccc3c(c2)CC(=O)N3)c1. The molecule has 1 N–H and O–H groups in total. The van der Waals surface area contributed by atoms with E-state index < -0.39 is 0 Å². The molecule has 3 rings (SSSR count). The summed E-state index contributed by atoms with van der Waals surface area (Å²) in [4.78, 5) is 11.4. The van der Waals surface area contributed by atoms with Crippen molar-refractivity contribution >= 4 is 39.1 Å². The highest BCUT2D eigenvalue weighted by atomic mass is 79.9. The largest absolute Gasteiger partial charge is 0.326 e. The third kappa shape index (κ3) is 2.60. The van der Waals surface area contributed by atoms with Crippen LogP contribution in [0.4, 0.5) is 5.69 Å². The number of aryl methyl sites for hydroxylation is 1. The molecule has 1 aliphatic heterocycles. The Hall–Kier alpha value is -1.32. The van der Waals surface area contributed by atoms with Crippen LogP contribution < -0.4 is 5.32 Å². The van der Waals surface area contributed by atoms with Gasteiger partial charge in [0, 0.05) is 10.2 Å². The Balaban J connectivity index is 1.97. The third-order valence-corrected chi connectivity index (χ3v) is 4.37. The van der Waals surface area contributed by atoms with Gasteiger partial charge in [-0.05, 0) is 47.4 Å². The van der Waals surface area contributed by atoms with Crippen LogP contribution >= 0.6 is 27.5 Å². The second-order valence-electron chi connectivity index (χ2n) is 5.07. The molecular weight excluding hydrogens is 338 g/mol. The molecule has 1 heterocycles. The van der Waals surface area contributed by atoms with Crippen LogP contribution in [0.5, 0.6) is 0 Å². The summed E-state index contributed by atoms with van der Waals surface area (Å²) in [6.07, 6.45) is 0.435. The molecule has 0 fully saturated rings. The summed E-state index contributed by atoms with van der Waals surface area (Å²) in [6, 6.07) is 12.1. The van der Waals surface area contributed by atoms with Crippen molar-refractivity contribution in [1.29, 1.82) is 0 Å². The standard InChI is InChI=1S/C16H13BrClNO/c1-9-4-12(7-13(17)5-9)16(18)10-2-3-14-11(6-10)8-15(20)19-14/h2-7,16H,8H2,1H3,(H,19,20). The Morgan fingerprint density at radius 1 is 1.20 bits per heavy atom. The number of rotatable bonds is 2. The van der Waals surface area contributed by atoms with E-state index in [1.54, 1.807) is 0 Å². The molecular formula is C16H13BrClNO. The number of benzene rings is 2. The van der Waals surface area contributed by atoms with Gasteiger partial charge in [-0.2, -0.15) is 0 Å². The summed E-state index contributed by atoms with van der Waals surface area (Å²) in [5.74, 6) is 0.0431. The summed E-state index contributed by atoms with van der Waals surface area (Å²) in [7, 11) is 0. The lowest BCUT2D eigenvalue weighted by Gasteiger charge is -2.13. The maximum atomic E-state index is 11.4. The molecule has 1 amide bonds. The zero-order valence-corrected chi connectivity index (χ0v) is 13.3. The molecule has 0 saturated carbocycles. The smallest absolute Gasteiger partial charge is 0.228 e. The lowest BCUT2D eigenvalue weighted by Crippen LogP contribution is -2.03. The molecule has 102 valence electrons. The van der Waals surface area contributed by atoms with Gasteiger partial charge in [-0.1, -0.05) is 34.1 Å². The van der Waals surface area contributed by atoms with Gasteiger partial charge in [-0.3, -0.25) is 4.79 Å². The van der Waals surface area contributed by atoms with Gasteiger partial charge in [0.15, 0.2) is 0 Å². The maximum absolute atomic E-state index is 11.4. The minimum atomic E-state index is -0.216. The number of carbonyl (C=O) groups excluding carboxylic acids is 1. The van der Waals surface area contributed by atoms with Crippen molar-refractivity contribution in [1.82, 2.24) is 0 Å². The highest BCUT2D eigenvalue weighted by molar-refractivity contribution is 9.10. The molecule has 1 unspecified atom stereocenters. The topological polar surface area (TPSA) is 29.1 Å². The molecule has 0 spiro atoms. The lowest BCUT2D eigenvalue weighted by atomic mass is 10.00. The van der Waals surface area contributed by atoms with E-state index in [2.05, 4.69) is 33.4 Å². The van der Waals surface area contributed by atoms with Gasteiger partial charge < -0.3 is 5.32 Å². The Morgan fingerprint density at radius 3 is 2.75 bits per heavy atom. The first-order valence-electron chi connectivity index (χ1n) is 6.37. The van der Waals surface area contributed by atoms with E-state index in [9.17, 15) is 4.79 Å². The van der Waals surface area contributed by atoms with Crippen molar-refractivity contribution < 1.29 is 4.79 Å². The number of amides is 1. The van der Waals surface area contributed by atoms with Gasteiger partial charge >= 0.3 is 0 Å². The number of carbonyl (C=O) groups is 1. The fourth-order valence-electron chi connectivity index (χ4n) is 2.51. The molecule has 2 nitrogen and oxygen atoms in total. The zero-order chi connectivity index (χ0) is 14.3. The van der Waals surface area contributed by atoms with Crippen LogP contribution in [0, 0.1) is 6.92 Å². The quantitative estimate of drug-likeness (QED) is 0.789. The van der Waals surface area contributed by atoms with Gasteiger partial charge in [-0.15, -0.1) is 11.6 Å². The fourth-order valence-corrected chi connectivity index (χ4v) is 3.40. The molecule has 0 radical (unpaired) electrons. The second kappa shape index (κ2) is 5.23. The lowest BCUT2D eigenvalue weighted by molar-refractivity contribution is -0.115. The van der Waals surface area contributed by atoms with Gasteiger partial charge in [0.1, 0.15) is 0 Å². The first kappa shape index (κ1) is 13.7. The van der Waals surface area contributed by atoms with E-state index in [4.69, 9.17) is 11.6 Å². The number of fused-ring (bicyclic) bond motifs is 1. The molecule has 0 saturated heterocycles. The molecule has 4 heteroatoms. The van der Waals surface area contributed by atoms with Gasteiger partial charge in [-0.25, -0.2) is 0 Å². The van der Waals surface area contributed by atoms with E-state index in [-0.39, 0.29) is 11.3 Å². The van der Waals surface area contributed by atoms with Crippen molar-refractivity contribution in [3.63, 3.8) is 0 Å². The van der Waals surface area contributed by atoms with Crippen molar-refractivity contribution in [2.45, 2.75) is 18.7 Å². The van der Waals surface area contributed by atoms with Gasteiger partial charge in [0.05, 0.1) is 11.8 Å². The fraction of sp³-hybridized carbons (Fsp3) is 0.188. The van der Waals surface area contributed by atoms with Crippen LogP contribution in [-0.2, 0) is 11.2 Å². The van der Waals surface area contributed by atoms with Gasteiger partial charge in [0.25, 0.3) is 0 Å². The molecule has 1 atom stereocenters. The average Bonchev–Trinajstić information content (AvgIpc) is 2.75. The van der Waals surface area contributed by atoms with Crippen LogP contribution in [-0.4, -0.2) is 5.91 Å². The van der Waals surface area contributed by atoms with E-state index in [0.717, 1.165) is 32.4 Å². The van der Waals surface area contributed by atoms with Crippen molar-refractivity contribution in [3.8, 4) is 0 Å². The predicted octanol–water partition coefficient (Wildman–Crippen LogP) is 4.58. The minimum absolute atomic E-state index is 0.0431. The van der Waals surface area contributed by atoms with Crippen molar-refractivity contribution in [2.24, 2.45) is 0 Å². The Bertz CT molecular complexity index is 679. The molecule has 20 heavy (non-hydrogen) atoms. The first-order chi connectivity index (χ1) is 9.52. The Morgan fingerprint density at radius 2 is 2.00 bits per heavy atom. The van der Waals surface area contributed by atoms with Crippen LogP contribution in [0.3, 0.4) is 0 Å². The van der Waals surface area contributed by atoms with Crippen molar-refractivity contribution in [2.75, 3.05) is 5.32 Å². The minimum Gasteiger partial charge on any atom is -0.326 e. The highest BCUT2D eigenvalue weighted by Crippen LogP contribution is 2.34. The summed E-state index contributed by atoms with van der Waals surface area (Å²) in [5, 5.41) is 2.62. The Kier molecular flexibility index (Phi) is 3.57. The van der Waals surface area contributed by atoms with Crippen molar-refractivity contribution in [3.05, 3.63) is 63.1 Å². The van der Waals surface area contributed by atoms with Crippen LogP contribution in [0.25, 0.3) is 0 Å². The number of hydrogen-bond acceptors (Lipinski definition) is 1. The normalized spacial score (nSPS) is 14.8. The average molecular weight is 351 g/mol. The summed E-state index contributed by atoms with van der Waals surface area (Å²) < 4.78 is 1.02.